The second-order valence-corrected chi connectivity index (χ2v) is 4.21. The monoisotopic (exact) mass is 287 g/mol. The molecule has 1 aliphatic rings. The van der Waals surface area contributed by atoms with Gasteiger partial charge in [-0.05, 0) is 6.92 Å². The fraction of sp³-hybridized carbons (Fsp3) is 0.750. The molecular formula is C12H21N3O5. The van der Waals surface area contributed by atoms with Gasteiger partial charge in [-0.15, -0.1) is 0 Å². The molecule has 0 radical (unpaired) electrons. The van der Waals surface area contributed by atoms with E-state index in [1.54, 1.807) is 6.92 Å². The molecule has 0 spiro atoms. The van der Waals surface area contributed by atoms with E-state index in [2.05, 4.69) is 20.3 Å². The lowest BCUT2D eigenvalue weighted by Crippen LogP contribution is -2.44. The molecule has 0 unspecified atom stereocenters. The van der Waals surface area contributed by atoms with Crippen molar-refractivity contribution >= 4 is 17.8 Å². The van der Waals surface area contributed by atoms with E-state index in [0.717, 1.165) is 19.6 Å². The van der Waals surface area contributed by atoms with Gasteiger partial charge in [-0.25, -0.2) is 4.79 Å². The summed E-state index contributed by atoms with van der Waals surface area (Å²) in [6.07, 6.45) is 0. The minimum absolute atomic E-state index is 0.123. The van der Waals surface area contributed by atoms with E-state index in [1.807, 2.05) is 0 Å². The first-order valence-electron chi connectivity index (χ1n) is 6.65. The van der Waals surface area contributed by atoms with Crippen molar-refractivity contribution in [3.8, 4) is 0 Å². The molecule has 1 saturated heterocycles. The van der Waals surface area contributed by atoms with Gasteiger partial charge in [0.1, 0.15) is 0 Å². The van der Waals surface area contributed by atoms with Crippen LogP contribution in [0.15, 0.2) is 0 Å². The maximum absolute atomic E-state index is 11.4. The lowest BCUT2D eigenvalue weighted by atomic mass is 10.4. The number of morpholine rings is 1. The number of rotatable bonds is 6. The Hall–Kier alpha value is -1.67. The van der Waals surface area contributed by atoms with Crippen molar-refractivity contribution in [2.75, 3.05) is 52.5 Å². The predicted octanol–water partition coefficient (Wildman–Crippen LogP) is -1.89. The van der Waals surface area contributed by atoms with Crippen LogP contribution >= 0.6 is 0 Å². The van der Waals surface area contributed by atoms with E-state index < -0.39 is 11.9 Å². The average Bonchev–Trinajstić information content (AvgIpc) is 2.46. The third-order valence-electron chi connectivity index (χ3n) is 2.72. The Morgan fingerprint density at radius 3 is 2.55 bits per heavy atom. The molecule has 8 heteroatoms. The lowest BCUT2D eigenvalue weighted by molar-refractivity contribution is -0.154. The molecule has 0 aliphatic carbocycles. The molecular weight excluding hydrogens is 266 g/mol. The molecule has 0 aromatic carbocycles. The van der Waals surface area contributed by atoms with Gasteiger partial charge in [-0.1, -0.05) is 0 Å². The second kappa shape index (κ2) is 9.27. The number of carbonyl (C=O) groups excluding carboxylic acids is 3. The Morgan fingerprint density at radius 2 is 1.90 bits per heavy atom. The predicted molar refractivity (Wildman–Crippen MR) is 69.9 cm³/mol. The topological polar surface area (TPSA) is 97.0 Å². The van der Waals surface area contributed by atoms with Gasteiger partial charge in [0.05, 0.1) is 26.4 Å². The number of ether oxygens (including phenoxy) is 2. The second-order valence-electron chi connectivity index (χ2n) is 4.21. The number of amides is 2. The smallest absolute Gasteiger partial charge is 0.396 e. The maximum Gasteiger partial charge on any atom is 0.396 e. The molecule has 1 heterocycles. The highest BCUT2D eigenvalue weighted by Crippen LogP contribution is 1.94. The zero-order chi connectivity index (χ0) is 14.8. The van der Waals surface area contributed by atoms with Gasteiger partial charge in [0.2, 0.25) is 5.91 Å². The van der Waals surface area contributed by atoms with E-state index in [-0.39, 0.29) is 19.1 Å². The van der Waals surface area contributed by atoms with Gasteiger partial charge < -0.3 is 20.1 Å². The normalized spacial score (nSPS) is 15.4. The van der Waals surface area contributed by atoms with Crippen LogP contribution in [-0.4, -0.2) is 75.2 Å². The molecule has 0 atom stereocenters. The van der Waals surface area contributed by atoms with Crippen LogP contribution in [0.25, 0.3) is 0 Å². The Labute approximate surface area is 117 Å². The van der Waals surface area contributed by atoms with Crippen LogP contribution in [0.1, 0.15) is 6.92 Å². The van der Waals surface area contributed by atoms with Crippen molar-refractivity contribution in [3.05, 3.63) is 0 Å². The van der Waals surface area contributed by atoms with Crippen LogP contribution in [0.3, 0.4) is 0 Å². The molecule has 114 valence electrons. The highest BCUT2D eigenvalue weighted by molar-refractivity contribution is 6.32. The number of carbonyl (C=O) groups is 3. The van der Waals surface area contributed by atoms with Gasteiger partial charge >= 0.3 is 11.9 Å². The number of esters is 1. The number of nitrogens with zero attached hydrogens (tertiary/aromatic N) is 1. The summed E-state index contributed by atoms with van der Waals surface area (Å²) in [6, 6.07) is 0. The molecule has 1 fully saturated rings. The lowest BCUT2D eigenvalue weighted by Gasteiger charge is -2.26. The molecule has 1 rings (SSSR count). The van der Waals surface area contributed by atoms with Crippen LogP contribution in [0.5, 0.6) is 0 Å². The van der Waals surface area contributed by atoms with Crippen molar-refractivity contribution < 1.29 is 23.9 Å². The molecule has 2 N–H and O–H groups in total. The van der Waals surface area contributed by atoms with E-state index in [9.17, 15) is 14.4 Å². The van der Waals surface area contributed by atoms with Gasteiger partial charge in [0.25, 0.3) is 0 Å². The van der Waals surface area contributed by atoms with Crippen molar-refractivity contribution in [2.45, 2.75) is 6.92 Å². The summed E-state index contributed by atoms with van der Waals surface area (Å²) in [5, 5.41) is 4.86. The highest BCUT2D eigenvalue weighted by atomic mass is 16.5. The summed E-state index contributed by atoms with van der Waals surface area (Å²) in [4.78, 5) is 35.8. The molecule has 0 bridgehead atoms. The molecule has 1 aliphatic heterocycles. The fourth-order valence-electron chi connectivity index (χ4n) is 1.67. The van der Waals surface area contributed by atoms with E-state index >= 15 is 0 Å². The zero-order valence-corrected chi connectivity index (χ0v) is 11.6. The molecule has 0 aromatic heterocycles. The van der Waals surface area contributed by atoms with Crippen molar-refractivity contribution in [1.82, 2.24) is 15.5 Å². The largest absolute Gasteiger partial charge is 0.459 e. The average molecular weight is 287 g/mol. The fourth-order valence-corrected chi connectivity index (χ4v) is 1.67. The minimum atomic E-state index is -0.978. The van der Waals surface area contributed by atoms with Crippen LogP contribution in [-0.2, 0) is 23.9 Å². The molecule has 20 heavy (non-hydrogen) atoms. The van der Waals surface area contributed by atoms with Crippen LogP contribution in [0.4, 0.5) is 0 Å². The van der Waals surface area contributed by atoms with E-state index in [4.69, 9.17) is 4.74 Å². The maximum atomic E-state index is 11.4. The summed E-state index contributed by atoms with van der Waals surface area (Å²) in [6.45, 7) is 5.86. The minimum Gasteiger partial charge on any atom is -0.459 e. The van der Waals surface area contributed by atoms with Gasteiger partial charge in [-0.3, -0.25) is 14.5 Å². The summed E-state index contributed by atoms with van der Waals surface area (Å²) >= 11 is 0. The third kappa shape index (κ3) is 6.48. The third-order valence-corrected chi connectivity index (χ3v) is 2.72. The molecule has 2 amide bonds. The number of nitrogens with one attached hydrogen (secondary N) is 2. The Kier molecular flexibility index (Phi) is 7.59. The highest BCUT2D eigenvalue weighted by Gasteiger charge is 2.15. The van der Waals surface area contributed by atoms with E-state index in [0.29, 0.717) is 19.8 Å². The Morgan fingerprint density at radius 1 is 1.20 bits per heavy atom. The first kappa shape index (κ1) is 16.4. The summed E-state index contributed by atoms with van der Waals surface area (Å²) < 4.78 is 9.71. The Balaban J connectivity index is 2.07. The Bertz CT molecular complexity index is 342. The van der Waals surface area contributed by atoms with Crippen LogP contribution in [0.2, 0.25) is 0 Å². The van der Waals surface area contributed by atoms with Gasteiger partial charge in [-0.2, -0.15) is 0 Å². The number of hydrogen-bond acceptors (Lipinski definition) is 6. The van der Waals surface area contributed by atoms with Crippen molar-refractivity contribution in [3.63, 3.8) is 0 Å². The van der Waals surface area contributed by atoms with Gasteiger partial charge in [0.15, 0.2) is 0 Å². The molecule has 0 saturated carbocycles. The zero-order valence-electron chi connectivity index (χ0n) is 11.6. The first-order chi connectivity index (χ1) is 9.63. The molecule has 8 nitrogen and oxygen atoms in total. The SMILES string of the molecule is CCOC(=O)C(=O)NCC(=O)NCCN1CCOCC1. The first-order valence-corrected chi connectivity index (χ1v) is 6.65. The molecule has 0 aromatic rings. The van der Waals surface area contributed by atoms with Gasteiger partial charge in [0, 0.05) is 26.2 Å². The van der Waals surface area contributed by atoms with Crippen LogP contribution < -0.4 is 10.6 Å². The van der Waals surface area contributed by atoms with Crippen molar-refractivity contribution in [1.29, 1.82) is 0 Å². The van der Waals surface area contributed by atoms with Crippen LogP contribution in [0, 0.1) is 0 Å². The van der Waals surface area contributed by atoms with E-state index in [1.165, 1.54) is 0 Å². The quantitative estimate of drug-likeness (QED) is 0.438. The summed E-state index contributed by atoms with van der Waals surface area (Å²) in [5.41, 5.74) is 0. The van der Waals surface area contributed by atoms with Crippen molar-refractivity contribution in [2.24, 2.45) is 0 Å². The summed E-state index contributed by atoms with van der Waals surface area (Å²) in [7, 11) is 0. The number of hydrogen-bond donors (Lipinski definition) is 2. The standard InChI is InChI=1S/C12H21N3O5/c1-2-20-12(18)11(17)14-9-10(16)13-3-4-15-5-7-19-8-6-15/h2-9H2,1H3,(H,13,16)(H,14,17). The summed E-state index contributed by atoms with van der Waals surface area (Å²) in [5.74, 6) is -2.22.